The smallest absolute Gasteiger partial charge is 0.119 e. The molecule has 92 valence electrons. The first-order valence-corrected chi connectivity index (χ1v) is 6.43. The van der Waals surface area contributed by atoms with Gasteiger partial charge in [0.25, 0.3) is 0 Å². The summed E-state index contributed by atoms with van der Waals surface area (Å²) in [5, 5.41) is 4.10. The number of halogens is 1. The number of rotatable bonds is 3. The second-order valence-electron chi connectivity index (χ2n) is 4.41. The number of fused-ring (bicyclic) bond motifs is 1. The lowest BCUT2D eigenvalue weighted by Gasteiger charge is -2.08. The van der Waals surface area contributed by atoms with Gasteiger partial charge in [-0.3, -0.25) is 0 Å². The van der Waals surface area contributed by atoms with Crippen molar-refractivity contribution in [2.45, 2.75) is 13.0 Å². The lowest BCUT2D eigenvalue weighted by Crippen LogP contribution is -1.96. The summed E-state index contributed by atoms with van der Waals surface area (Å²) in [5.41, 5.74) is 3.82. The Morgan fingerprint density at radius 2 is 1.94 bits per heavy atom. The standard InChI is InChI=1S/C15H14ClNO/c16-13-3-5-14(6-4-13)18-10-11-1-2-12-7-8-17-15(12)9-11/h1-6,9,17H,7-8,10H2. The van der Waals surface area contributed by atoms with E-state index in [9.17, 15) is 0 Å². The molecule has 0 saturated heterocycles. The summed E-state index contributed by atoms with van der Waals surface area (Å²) in [6.45, 7) is 1.62. The Kier molecular flexibility index (Phi) is 3.11. The summed E-state index contributed by atoms with van der Waals surface area (Å²) in [5.74, 6) is 0.841. The number of hydrogen-bond donors (Lipinski definition) is 1. The van der Waals surface area contributed by atoms with Crippen LogP contribution in [0.5, 0.6) is 5.75 Å². The maximum Gasteiger partial charge on any atom is 0.119 e. The highest BCUT2D eigenvalue weighted by molar-refractivity contribution is 6.30. The number of ether oxygens (including phenoxy) is 1. The quantitative estimate of drug-likeness (QED) is 0.903. The molecule has 0 unspecified atom stereocenters. The van der Waals surface area contributed by atoms with Gasteiger partial charge in [-0.1, -0.05) is 23.7 Å². The molecule has 0 spiro atoms. The Balaban J connectivity index is 1.68. The molecule has 2 nitrogen and oxygen atoms in total. The van der Waals surface area contributed by atoms with E-state index < -0.39 is 0 Å². The minimum atomic E-state index is 0.580. The van der Waals surface area contributed by atoms with Crippen LogP contribution in [0.1, 0.15) is 11.1 Å². The average molecular weight is 260 g/mol. The van der Waals surface area contributed by atoms with E-state index in [1.807, 2.05) is 24.3 Å². The summed E-state index contributed by atoms with van der Waals surface area (Å²) < 4.78 is 5.72. The first-order chi connectivity index (χ1) is 8.81. The van der Waals surface area contributed by atoms with Crippen molar-refractivity contribution in [2.75, 3.05) is 11.9 Å². The summed E-state index contributed by atoms with van der Waals surface area (Å²) in [6.07, 6.45) is 1.12. The molecule has 0 amide bonds. The van der Waals surface area contributed by atoms with Gasteiger partial charge in [0.05, 0.1) is 0 Å². The van der Waals surface area contributed by atoms with Crippen molar-refractivity contribution >= 4 is 17.3 Å². The average Bonchev–Trinajstić information content (AvgIpc) is 2.85. The Morgan fingerprint density at radius 1 is 1.11 bits per heavy atom. The molecule has 0 radical (unpaired) electrons. The SMILES string of the molecule is Clc1ccc(OCc2ccc3c(c2)NCC3)cc1. The first-order valence-electron chi connectivity index (χ1n) is 6.05. The Bertz CT molecular complexity index is 551. The van der Waals surface area contributed by atoms with Gasteiger partial charge in [-0.05, 0) is 47.9 Å². The van der Waals surface area contributed by atoms with Gasteiger partial charge < -0.3 is 10.1 Å². The van der Waals surface area contributed by atoms with E-state index in [1.54, 1.807) is 0 Å². The summed E-state index contributed by atoms with van der Waals surface area (Å²) >= 11 is 5.83. The van der Waals surface area contributed by atoms with Gasteiger partial charge in [0.1, 0.15) is 12.4 Å². The van der Waals surface area contributed by atoms with Crippen LogP contribution in [0.2, 0.25) is 5.02 Å². The van der Waals surface area contributed by atoms with Gasteiger partial charge in [0.15, 0.2) is 0 Å². The second-order valence-corrected chi connectivity index (χ2v) is 4.85. The van der Waals surface area contributed by atoms with Gasteiger partial charge in [-0.15, -0.1) is 0 Å². The molecule has 0 aromatic heterocycles. The lowest BCUT2D eigenvalue weighted by molar-refractivity contribution is 0.306. The molecule has 3 rings (SSSR count). The van der Waals surface area contributed by atoms with Gasteiger partial charge in [0.2, 0.25) is 0 Å². The Hall–Kier alpha value is -1.67. The van der Waals surface area contributed by atoms with Crippen LogP contribution in [0, 0.1) is 0 Å². The van der Waals surface area contributed by atoms with Gasteiger partial charge in [-0.25, -0.2) is 0 Å². The lowest BCUT2D eigenvalue weighted by atomic mass is 10.1. The van der Waals surface area contributed by atoms with Crippen molar-refractivity contribution in [3.63, 3.8) is 0 Å². The summed E-state index contributed by atoms with van der Waals surface area (Å²) in [4.78, 5) is 0. The van der Waals surface area contributed by atoms with E-state index in [-0.39, 0.29) is 0 Å². The molecular formula is C15H14ClNO. The third-order valence-electron chi connectivity index (χ3n) is 3.10. The van der Waals surface area contributed by atoms with Crippen molar-refractivity contribution in [1.82, 2.24) is 0 Å². The molecule has 1 N–H and O–H groups in total. The minimum Gasteiger partial charge on any atom is -0.489 e. The van der Waals surface area contributed by atoms with E-state index in [2.05, 4.69) is 23.5 Å². The van der Waals surface area contributed by atoms with E-state index in [1.165, 1.54) is 16.8 Å². The summed E-state index contributed by atoms with van der Waals surface area (Å²) in [6, 6.07) is 13.9. The van der Waals surface area contributed by atoms with Crippen LogP contribution < -0.4 is 10.1 Å². The number of nitrogens with one attached hydrogen (secondary N) is 1. The van der Waals surface area contributed by atoms with Crippen LogP contribution in [0.3, 0.4) is 0 Å². The van der Waals surface area contributed by atoms with Crippen molar-refractivity contribution in [3.05, 3.63) is 58.6 Å². The third-order valence-corrected chi connectivity index (χ3v) is 3.36. The fourth-order valence-corrected chi connectivity index (χ4v) is 2.25. The molecule has 3 heteroatoms. The van der Waals surface area contributed by atoms with Gasteiger partial charge >= 0.3 is 0 Å². The number of anilines is 1. The van der Waals surface area contributed by atoms with Crippen molar-refractivity contribution < 1.29 is 4.74 Å². The highest BCUT2D eigenvalue weighted by Crippen LogP contribution is 2.24. The predicted molar refractivity (Wildman–Crippen MR) is 74.4 cm³/mol. The first kappa shape index (κ1) is 11.4. The zero-order chi connectivity index (χ0) is 12.4. The highest BCUT2D eigenvalue weighted by atomic mass is 35.5. The molecule has 2 aromatic carbocycles. The minimum absolute atomic E-state index is 0.580. The van der Waals surface area contributed by atoms with Crippen LogP contribution in [-0.4, -0.2) is 6.54 Å². The second kappa shape index (κ2) is 4.91. The molecule has 18 heavy (non-hydrogen) atoms. The third kappa shape index (κ3) is 2.44. The molecule has 0 atom stereocenters. The van der Waals surface area contributed by atoms with Crippen molar-refractivity contribution in [2.24, 2.45) is 0 Å². The van der Waals surface area contributed by atoms with E-state index in [4.69, 9.17) is 16.3 Å². The maximum atomic E-state index is 5.83. The monoisotopic (exact) mass is 259 g/mol. The Labute approximate surface area is 112 Å². The zero-order valence-corrected chi connectivity index (χ0v) is 10.7. The molecule has 1 aliphatic rings. The van der Waals surface area contributed by atoms with E-state index >= 15 is 0 Å². The van der Waals surface area contributed by atoms with Crippen LogP contribution in [0.15, 0.2) is 42.5 Å². The predicted octanol–water partition coefficient (Wildman–Crippen LogP) is 3.89. The normalized spacial score (nSPS) is 12.9. The van der Waals surface area contributed by atoms with Gasteiger partial charge in [0, 0.05) is 17.3 Å². The Morgan fingerprint density at radius 3 is 2.78 bits per heavy atom. The van der Waals surface area contributed by atoms with Gasteiger partial charge in [-0.2, -0.15) is 0 Å². The summed E-state index contributed by atoms with van der Waals surface area (Å²) in [7, 11) is 0. The van der Waals surface area contributed by atoms with Crippen LogP contribution >= 0.6 is 11.6 Å². The molecule has 0 bridgehead atoms. The highest BCUT2D eigenvalue weighted by Gasteiger charge is 2.09. The topological polar surface area (TPSA) is 21.3 Å². The van der Waals surface area contributed by atoms with Crippen LogP contribution in [0.4, 0.5) is 5.69 Å². The fourth-order valence-electron chi connectivity index (χ4n) is 2.13. The molecule has 0 fully saturated rings. The van der Waals surface area contributed by atoms with Crippen molar-refractivity contribution in [3.8, 4) is 5.75 Å². The largest absolute Gasteiger partial charge is 0.489 e. The molecular weight excluding hydrogens is 246 g/mol. The number of benzene rings is 2. The number of hydrogen-bond acceptors (Lipinski definition) is 2. The maximum absolute atomic E-state index is 5.83. The van der Waals surface area contributed by atoms with E-state index in [0.717, 1.165) is 23.7 Å². The molecule has 0 aliphatic carbocycles. The molecule has 2 aromatic rings. The fraction of sp³-hybridized carbons (Fsp3) is 0.200. The van der Waals surface area contributed by atoms with Crippen LogP contribution in [-0.2, 0) is 13.0 Å². The zero-order valence-electron chi connectivity index (χ0n) is 9.95. The van der Waals surface area contributed by atoms with Crippen molar-refractivity contribution in [1.29, 1.82) is 0 Å². The molecule has 1 aliphatic heterocycles. The van der Waals surface area contributed by atoms with Crippen LogP contribution in [0.25, 0.3) is 0 Å². The molecule has 0 saturated carbocycles. The van der Waals surface area contributed by atoms with E-state index in [0.29, 0.717) is 6.61 Å². The molecule has 1 heterocycles.